The van der Waals surface area contributed by atoms with Crippen LogP contribution in [0.2, 0.25) is 0 Å². The number of nitrogens with one attached hydrogen (secondary N) is 2. The van der Waals surface area contributed by atoms with E-state index in [1.54, 1.807) is 54.1 Å². The van der Waals surface area contributed by atoms with Crippen LogP contribution in [0.5, 0.6) is 0 Å². The number of unbranched alkanes of at least 4 members (excludes halogenated alkanes) is 1. The zero-order valence-corrected chi connectivity index (χ0v) is 74.8. The first-order valence-electron chi connectivity index (χ1n) is 38.1. The Balaban J connectivity index is 0.00000160. The van der Waals surface area contributed by atoms with E-state index < -0.39 is 30.3 Å². The third-order valence-corrected chi connectivity index (χ3v) is 18.2. The molecule has 1 radical (unpaired) electrons. The molecule has 0 fully saturated rings. The smallest absolute Gasteiger partial charge is 0.373 e. The van der Waals surface area contributed by atoms with E-state index in [-0.39, 0.29) is 56.2 Å². The van der Waals surface area contributed by atoms with Crippen LogP contribution in [0.4, 0.5) is 0 Å². The van der Waals surface area contributed by atoms with Gasteiger partial charge in [-0.3, -0.25) is 9.59 Å². The summed E-state index contributed by atoms with van der Waals surface area (Å²) in [5.74, 6) is 0.360. The number of carbonyl (C=O) groups excluding carboxylic acids is 7. The van der Waals surface area contributed by atoms with Crippen molar-refractivity contribution >= 4 is 58.7 Å². The summed E-state index contributed by atoms with van der Waals surface area (Å²) in [6.45, 7) is 31.1. The van der Waals surface area contributed by atoms with Crippen LogP contribution in [-0.4, -0.2) is 162 Å². The third kappa shape index (κ3) is 57.2. The van der Waals surface area contributed by atoms with Crippen LogP contribution < -0.4 is 5.32 Å². The van der Waals surface area contributed by atoms with Crippen LogP contribution in [0.3, 0.4) is 0 Å². The van der Waals surface area contributed by atoms with Crippen LogP contribution in [0.1, 0.15) is 194 Å². The van der Waals surface area contributed by atoms with Gasteiger partial charge in [0.05, 0.1) is 27.5 Å². The van der Waals surface area contributed by atoms with Gasteiger partial charge in [0.1, 0.15) is 23.8 Å². The van der Waals surface area contributed by atoms with Gasteiger partial charge in [-0.15, -0.1) is 41.7 Å². The number of aliphatic hydroxyl groups is 1. The van der Waals surface area contributed by atoms with E-state index in [1.807, 2.05) is 118 Å². The number of cyclic esters (lactones) is 1. The van der Waals surface area contributed by atoms with E-state index in [2.05, 4.69) is 163 Å². The Morgan fingerprint density at radius 1 is 0.775 bits per heavy atom. The van der Waals surface area contributed by atoms with E-state index in [0.29, 0.717) is 44.3 Å². The second-order valence-corrected chi connectivity index (χ2v) is 31.7. The normalized spacial score (nSPS) is 17.3. The number of aliphatic hydroxyl groups excluding tert-OH is 1. The summed E-state index contributed by atoms with van der Waals surface area (Å²) in [6.07, 6.45) is 56.7. The van der Waals surface area contributed by atoms with Gasteiger partial charge in [0.25, 0.3) is 0 Å². The van der Waals surface area contributed by atoms with Crippen LogP contribution in [0, 0.1) is 11.8 Å². The minimum Gasteiger partial charge on any atom is -0.454 e. The number of hydrogen-bond acceptors (Lipinski definition) is 18. The van der Waals surface area contributed by atoms with Crippen molar-refractivity contribution < 1.29 is 80.9 Å². The number of fused-ring (bicyclic) bond motifs is 2. The molecule has 2 unspecified atom stereocenters. The Morgan fingerprint density at radius 3 is 1.94 bits per heavy atom. The fourth-order valence-corrected chi connectivity index (χ4v) is 12.7. The minimum atomic E-state index is -0.458. The van der Waals surface area contributed by atoms with Crippen molar-refractivity contribution in [3.8, 4) is 0 Å². The number of rotatable bonds is 36. The van der Waals surface area contributed by atoms with Crippen molar-refractivity contribution in [3.05, 3.63) is 234 Å². The summed E-state index contributed by atoms with van der Waals surface area (Å²) in [4.78, 5) is 100.0. The summed E-state index contributed by atoms with van der Waals surface area (Å²) >= 11 is 3.31. The molecule has 0 saturated carbocycles. The summed E-state index contributed by atoms with van der Waals surface area (Å²) < 4.78 is 11.6. The van der Waals surface area contributed by atoms with Crippen molar-refractivity contribution in [2.75, 3.05) is 61.9 Å². The summed E-state index contributed by atoms with van der Waals surface area (Å²) in [7, 11) is 12.3. The zero-order chi connectivity index (χ0) is 82.4. The number of H-pyrrole nitrogens is 1. The fourth-order valence-electron chi connectivity index (χ4n) is 10.9. The molecule has 1 amide bonds. The second-order valence-electron chi connectivity index (χ2n) is 29.8. The number of aromatic amines is 1. The molecule has 0 spiro atoms. The molecule has 0 saturated heterocycles. The number of hydrogen-bond donors (Lipinski definition) is 3. The number of imidazole rings is 1. The number of thiazole rings is 2. The topological polar surface area (TPSA) is 234 Å². The quantitative estimate of drug-likeness (QED) is 0.0161. The van der Waals surface area contributed by atoms with Crippen molar-refractivity contribution in [2.24, 2.45) is 5.41 Å². The van der Waals surface area contributed by atoms with E-state index >= 15 is 0 Å². The largest absolute Gasteiger partial charge is 0.454 e. The number of ether oxygens (including phenoxy) is 2. The van der Waals surface area contributed by atoms with Crippen LogP contribution >= 0.6 is 22.7 Å². The van der Waals surface area contributed by atoms with E-state index in [9.17, 15) is 29.1 Å². The fraction of sp³-hybridized carbons (Fsp3) is 0.489. The van der Waals surface area contributed by atoms with E-state index in [0.717, 1.165) is 145 Å². The van der Waals surface area contributed by atoms with Crippen molar-refractivity contribution in [1.29, 1.82) is 0 Å². The Hall–Kier alpha value is -7.49. The van der Waals surface area contributed by atoms with Crippen molar-refractivity contribution in [2.45, 2.75) is 224 Å². The molecule has 1 aliphatic heterocycles. The maximum Gasteiger partial charge on any atom is 0.373 e. The molecule has 1 aliphatic rings. The number of amides is 1. The Kier molecular flexibility index (Phi) is 57.0. The molecule has 111 heavy (non-hydrogen) atoms. The SMILES string of the molecule is CC(/C=C/C(C)=C/C1Cc2ncc([nH]2)CCCCC(=O)N[C@@H](C)C/C(C)=C/C=C\C(=O)O1)=C\CN(C)C.CC(/C=C/C(C)=C/CN(C)C)=C\[CH-]Cc1nc(CCCCC(=O)CC(C)(C)C/C(C)=C/C=C\[C-]=O)cs1.CCc1csc(CC(/C=C(C)/C=C/C(C)=C/CN(C)C)OC(=O)/C=C\C=C(/C)C[C@H](C)O)n1.O=C=O.[Y]. The van der Waals surface area contributed by atoms with Gasteiger partial charge in [-0.2, -0.15) is 21.2 Å². The zero-order valence-electron chi connectivity index (χ0n) is 70.4. The predicted molar refractivity (Wildman–Crippen MR) is 454 cm³/mol. The van der Waals surface area contributed by atoms with Crippen LogP contribution in [0.25, 0.3) is 0 Å². The van der Waals surface area contributed by atoms with Crippen molar-refractivity contribution in [1.82, 2.24) is 40.0 Å². The number of Topliss-reactive ketones (excluding diaryl/α,β-unsaturated/α-hetero) is 1. The molecule has 3 aromatic rings. The average molecular weight is 1640 g/mol. The van der Waals surface area contributed by atoms with Gasteiger partial charge < -0.3 is 44.4 Å². The van der Waals surface area contributed by atoms with Gasteiger partial charge in [-0.1, -0.05) is 138 Å². The number of carbonyl (C=O) groups is 4. The Labute approximate surface area is 699 Å². The molecular formula is C90H130N8O10S2Y-2. The molecule has 18 nitrogen and oxygen atoms in total. The molecular weight excluding hydrogens is 1510 g/mol. The first-order chi connectivity index (χ1) is 52.1. The van der Waals surface area contributed by atoms with Gasteiger partial charge in [0.15, 0.2) is 0 Å². The molecule has 21 heteroatoms. The number of ketones is 1. The van der Waals surface area contributed by atoms with Gasteiger partial charge >= 0.3 is 18.1 Å². The van der Waals surface area contributed by atoms with Gasteiger partial charge in [-0.05, 0) is 206 Å². The van der Waals surface area contributed by atoms with Gasteiger partial charge in [-0.25, -0.2) is 43.1 Å². The molecule has 0 aromatic carbocycles. The van der Waals surface area contributed by atoms with Crippen LogP contribution in [0.15, 0.2) is 195 Å². The maximum absolute atomic E-state index is 12.6. The first-order valence-corrected chi connectivity index (χ1v) is 39.9. The maximum atomic E-state index is 12.6. The van der Waals surface area contributed by atoms with E-state index in [1.165, 1.54) is 40.5 Å². The van der Waals surface area contributed by atoms with E-state index in [4.69, 9.17) is 24.0 Å². The number of esters is 2. The Bertz CT molecular complexity index is 3790. The van der Waals surface area contributed by atoms with Gasteiger partial charge in [0.2, 0.25) is 5.91 Å². The number of allylic oxidation sites excluding steroid dienone is 21. The molecule has 4 heterocycles. The summed E-state index contributed by atoms with van der Waals surface area (Å²) in [5, 5.41) is 18.8. The first kappa shape index (κ1) is 104. The summed E-state index contributed by atoms with van der Waals surface area (Å²) in [6, 6.07) is 0.0354. The molecule has 4 atom stereocenters. The number of aryl methyl sites for hydroxylation is 3. The monoisotopic (exact) mass is 1640 g/mol. The minimum absolute atomic E-state index is 0. The number of likely N-dealkylation sites (N-methyl/N-ethyl adjacent to an activating group) is 3. The predicted octanol–water partition coefficient (Wildman–Crippen LogP) is 17.5. The molecule has 2 bridgehead atoms. The second kappa shape index (κ2) is 61.1. The molecule has 0 aliphatic carbocycles. The molecule has 607 valence electrons. The summed E-state index contributed by atoms with van der Waals surface area (Å²) in [5.41, 5.74) is 13.2. The molecule has 3 aromatic heterocycles. The average Bonchev–Trinajstić information content (AvgIpc) is 1.88. The number of aromatic nitrogens is 4. The number of nitrogens with zero attached hydrogens (tertiary/aromatic N) is 6. The van der Waals surface area contributed by atoms with Crippen LogP contribution in [-0.2, 0) is 114 Å². The Morgan fingerprint density at radius 2 is 1.34 bits per heavy atom. The van der Waals surface area contributed by atoms with Gasteiger partial charge in [0, 0.05) is 125 Å². The van der Waals surface area contributed by atoms with Crippen molar-refractivity contribution in [3.63, 3.8) is 0 Å². The molecule has 4 rings (SSSR count). The standard InChI is InChI=1S/C32H46N2O2S.C30H44N4O3.C27H40N2O3S.CO2.Y/c1-26(18-19-27(2)20-21-34(6)7)14-12-17-31-33-29(25-37-31)15-8-9-16-30(36)24-32(4,5)23-28(3)13-10-11-22-35;1-22(16-17-34(5)6)14-15-24(3)19-27-20-28-31-21-26(33-28)11-7-8-12-29(35)32-25(4)18-23(2)10-9-13-30(36)37-27;1-8-24-19-33-26(28-24)18-25(17-22(4)13-12-20(2)14-15-29(6)7)32-27(31)11-9-10-21(3)16-23(5)30;2-1-3;/h10-14,18-20,25H,8-9,15-17,21,23-24H2,1-7H3;9-10,13-16,19,21,25,27H,7-8,11-12,17-18,20H2,1-6H3,(H,31,33)(H,32,35);9-14,17,19,23,25,30H,8,15-16,18H2,1-7H3;;/q-2;;;;/b11-10-,19-18+,26-14+,27-20+,28-13+;13-9-,15-14+,22-16+,23-10+,24-19+;11-9-,13-12+,20-14+,21-10+,22-17+;;/t;25-,27?;23-,25?;;/m.00../s1. The third-order valence-electron chi connectivity index (χ3n) is 16.4. The molecule has 3 N–H and O–H groups in total.